The summed E-state index contributed by atoms with van der Waals surface area (Å²) in [5.41, 5.74) is 4.68. The zero-order chi connectivity index (χ0) is 14.8. The first-order valence-corrected chi connectivity index (χ1v) is 7.19. The van der Waals surface area contributed by atoms with Crippen molar-refractivity contribution in [3.8, 4) is 0 Å². The smallest absolute Gasteiger partial charge is 0.328 e. The Morgan fingerprint density at radius 1 is 1.33 bits per heavy atom. The van der Waals surface area contributed by atoms with E-state index in [-0.39, 0.29) is 23.9 Å². The highest BCUT2D eigenvalue weighted by Crippen LogP contribution is 2.28. The molecule has 1 heterocycles. The summed E-state index contributed by atoms with van der Waals surface area (Å²) in [4.78, 5) is 23.4. The Kier molecular flexibility index (Phi) is 3.60. The maximum Gasteiger partial charge on any atom is 0.335 e. The fraction of sp³-hybridized carbons (Fsp3) is 0.400. The lowest BCUT2D eigenvalue weighted by molar-refractivity contribution is -0.122. The van der Waals surface area contributed by atoms with Crippen LogP contribution in [0.25, 0.3) is 0 Å². The Morgan fingerprint density at radius 2 is 2.10 bits per heavy atom. The number of hydrogen-bond acceptors (Lipinski definition) is 3. The van der Waals surface area contributed by atoms with E-state index in [0.717, 1.165) is 30.5 Å². The molecule has 1 aromatic carbocycles. The van der Waals surface area contributed by atoms with Gasteiger partial charge in [-0.15, -0.1) is 0 Å². The van der Waals surface area contributed by atoms with Crippen molar-refractivity contribution >= 4 is 23.3 Å². The average Bonchev–Trinajstić information content (AvgIpc) is 2.38. The van der Waals surface area contributed by atoms with Crippen molar-refractivity contribution in [3.63, 3.8) is 0 Å². The highest BCUT2D eigenvalue weighted by atomic mass is 16.2. The standard InChI is InChI=1S/C15H18N4O2/c1-9-13(18-19-15(21)16-9)11-7-2-3-8-12(11)17-14(20)10-5-4-6-10/h2-3,7-10H,4-6H2,1H3,(H,17,20)(H2,16,19,21). The molecule has 0 bridgehead atoms. The molecule has 0 radical (unpaired) electrons. The van der Waals surface area contributed by atoms with Crippen molar-refractivity contribution in [2.24, 2.45) is 11.0 Å². The molecule has 2 aliphatic rings. The van der Waals surface area contributed by atoms with Crippen LogP contribution in [-0.2, 0) is 4.79 Å². The number of para-hydroxylation sites is 1. The number of nitrogens with one attached hydrogen (secondary N) is 3. The molecular formula is C15H18N4O2. The number of amides is 3. The summed E-state index contributed by atoms with van der Waals surface area (Å²) >= 11 is 0. The minimum Gasteiger partial charge on any atom is -0.328 e. The Hall–Kier alpha value is -2.37. The summed E-state index contributed by atoms with van der Waals surface area (Å²) in [6.45, 7) is 1.86. The molecule has 6 nitrogen and oxygen atoms in total. The molecule has 0 aromatic heterocycles. The molecule has 3 rings (SSSR count). The van der Waals surface area contributed by atoms with Gasteiger partial charge in [0.15, 0.2) is 0 Å². The van der Waals surface area contributed by atoms with Gasteiger partial charge in [0, 0.05) is 17.2 Å². The summed E-state index contributed by atoms with van der Waals surface area (Å²) in [6, 6.07) is 6.99. The third kappa shape index (κ3) is 2.74. The fourth-order valence-electron chi connectivity index (χ4n) is 2.52. The predicted octanol–water partition coefficient (Wildman–Crippen LogP) is 1.83. The van der Waals surface area contributed by atoms with Gasteiger partial charge in [-0.1, -0.05) is 24.6 Å². The third-order valence-electron chi connectivity index (χ3n) is 3.97. The van der Waals surface area contributed by atoms with Gasteiger partial charge in [0.2, 0.25) is 5.91 Å². The molecule has 21 heavy (non-hydrogen) atoms. The Balaban J connectivity index is 1.85. The molecular weight excluding hydrogens is 268 g/mol. The van der Waals surface area contributed by atoms with Gasteiger partial charge in [-0.05, 0) is 25.8 Å². The quantitative estimate of drug-likeness (QED) is 0.792. The van der Waals surface area contributed by atoms with Gasteiger partial charge in [0.1, 0.15) is 0 Å². The number of carbonyl (C=O) groups excluding carboxylic acids is 2. The van der Waals surface area contributed by atoms with E-state index in [1.54, 1.807) is 0 Å². The summed E-state index contributed by atoms with van der Waals surface area (Å²) < 4.78 is 0. The molecule has 1 aromatic rings. The van der Waals surface area contributed by atoms with Crippen LogP contribution in [0.5, 0.6) is 0 Å². The summed E-state index contributed by atoms with van der Waals surface area (Å²) in [7, 11) is 0. The van der Waals surface area contributed by atoms with E-state index in [9.17, 15) is 9.59 Å². The first kappa shape index (κ1) is 13.6. The van der Waals surface area contributed by atoms with E-state index in [1.807, 2.05) is 31.2 Å². The number of hydrazone groups is 1. The number of urea groups is 1. The van der Waals surface area contributed by atoms with Crippen LogP contribution < -0.4 is 16.1 Å². The predicted molar refractivity (Wildman–Crippen MR) is 80.1 cm³/mol. The summed E-state index contributed by atoms with van der Waals surface area (Å²) in [6.07, 6.45) is 3.05. The van der Waals surface area contributed by atoms with Gasteiger partial charge in [-0.3, -0.25) is 4.79 Å². The van der Waals surface area contributed by atoms with Crippen LogP contribution in [0, 0.1) is 5.92 Å². The lowest BCUT2D eigenvalue weighted by Gasteiger charge is -2.26. The summed E-state index contributed by atoms with van der Waals surface area (Å²) in [5, 5.41) is 9.85. The molecule has 0 saturated heterocycles. The van der Waals surface area contributed by atoms with Gasteiger partial charge in [-0.2, -0.15) is 5.10 Å². The molecule has 1 aliphatic carbocycles. The fourth-order valence-corrected chi connectivity index (χ4v) is 2.52. The van der Waals surface area contributed by atoms with Crippen LogP contribution in [0.1, 0.15) is 31.7 Å². The van der Waals surface area contributed by atoms with Gasteiger partial charge in [-0.25, -0.2) is 10.2 Å². The number of rotatable bonds is 3. The molecule has 6 heteroatoms. The third-order valence-corrected chi connectivity index (χ3v) is 3.97. The van der Waals surface area contributed by atoms with Crippen LogP contribution >= 0.6 is 0 Å². The van der Waals surface area contributed by atoms with Crippen molar-refractivity contribution < 1.29 is 9.59 Å². The largest absolute Gasteiger partial charge is 0.335 e. The van der Waals surface area contributed by atoms with Crippen LogP contribution in [0.4, 0.5) is 10.5 Å². The molecule has 110 valence electrons. The molecule has 1 atom stereocenters. The SMILES string of the molecule is CC1NC(=O)NN=C1c1ccccc1NC(=O)C1CCC1. The molecule has 1 aliphatic heterocycles. The lowest BCUT2D eigenvalue weighted by atomic mass is 9.84. The molecule has 1 unspecified atom stereocenters. The van der Waals surface area contributed by atoms with E-state index in [1.165, 1.54) is 0 Å². The van der Waals surface area contributed by atoms with Crippen molar-refractivity contribution in [3.05, 3.63) is 29.8 Å². The Bertz CT molecular complexity index is 607. The highest BCUT2D eigenvalue weighted by Gasteiger charge is 2.27. The number of benzene rings is 1. The first-order chi connectivity index (χ1) is 10.1. The Morgan fingerprint density at radius 3 is 2.76 bits per heavy atom. The van der Waals surface area contributed by atoms with E-state index in [2.05, 4.69) is 21.2 Å². The highest BCUT2D eigenvalue weighted by molar-refractivity contribution is 6.12. The number of carbonyl (C=O) groups is 2. The van der Waals surface area contributed by atoms with E-state index in [0.29, 0.717) is 5.71 Å². The molecule has 3 amide bonds. The molecule has 0 spiro atoms. The second kappa shape index (κ2) is 5.55. The molecule has 1 fully saturated rings. The van der Waals surface area contributed by atoms with Crippen LogP contribution in [-0.4, -0.2) is 23.7 Å². The topological polar surface area (TPSA) is 82.6 Å². The van der Waals surface area contributed by atoms with Crippen LogP contribution in [0.15, 0.2) is 29.4 Å². The normalized spacial score (nSPS) is 21.7. The lowest BCUT2D eigenvalue weighted by Crippen LogP contribution is -2.48. The van der Waals surface area contributed by atoms with E-state index in [4.69, 9.17) is 0 Å². The van der Waals surface area contributed by atoms with Gasteiger partial charge < -0.3 is 10.6 Å². The maximum absolute atomic E-state index is 12.1. The van der Waals surface area contributed by atoms with Gasteiger partial charge in [0.05, 0.1) is 11.8 Å². The van der Waals surface area contributed by atoms with Crippen LogP contribution in [0.2, 0.25) is 0 Å². The van der Waals surface area contributed by atoms with E-state index >= 15 is 0 Å². The molecule has 1 saturated carbocycles. The van der Waals surface area contributed by atoms with Crippen LogP contribution in [0.3, 0.4) is 0 Å². The number of nitrogens with zero attached hydrogens (tertiary/aromatic N) is 1. The second-order valence-corrected chi connectivity index (χ2v) is 5.47. The maximum atomic E-state index is 12.1. The minimum atomic E-state index is -0.317. The van der Waals surface area contributed by atoms with Crippen molar-refractivity contribution in [1.82, 2.24) is 10.7 Å². The number of hydrogen-bond donors (Lipinski definition) is 3. The van der Waals surface area contributed by atoms with Crippen molar-refractivity contribution in [1.29, 1.82) is 0 Å². The number of anilines is 1. The minimum absolute atomic E-state index is 0.0646. The zero-order valence-corrected chi connectivity index (χ0v) is 11.8. The summed E-state index contributed by atoms with van der Waals surface area (Å²) in [5.74, 6) is 0.191. The van der Waals surface area contributed by atoms with Crippen molar-refractivity contribution in [2.75, 3.05) is 5.32 Å². The van der Waals surface area contributed by atoms with Crippen molar-refractivity contribution in [2.45, 2.75) is 32.2 Å². The molecule has 3 N–H and O–H groups in total. The average molecular weight is 286 g/mol. The first-order valence-electron chi connectivity index (χ1n) is 7.19. The monoisotopic (exact) mass is 286 g/mol. The zero-order valence-electron chi connectivity index (χ0n) is 11.8. The van der Waals surface area contributed by atoms with Gasteiger partial charge >= 0.3 is 6.03 Å². The van der Waals surface area contributed by atoms with E-state index < -0.39 is 0 Å². The Labute approximate surface area is 123 Å². The second-order valence-electron chi connectivity index (χ2n) is 5.47. The van der Waals surface area contributed by atoms with Gasteiger partial charge in [0.25, 0.3) is 0 Å².